The van der Waals surface area contributed by atoms with Crippen LogP contribution in [0.5, 0.6) is 5.75 Å². The monoisotopic (exact) mass is 397 g/mol. The van der Waals surface area contributed by atoms with E-state index in [0.717, 1.165) is 33.3 Å². The van der Waals surface area contributed by atoms with E-state index in [4.69, 9.17) is 15.6 Å². The quantitative estimate of drug-likeness (QED) is 0.763. The van der Waals surface area contributed by atoms with Crippen LogP contribution in [-0.2, 0) is 6.61 Å². The number of nitrogens with two attached hydrogens (primary N) is 1. The van der Waals surface area contributed by atoms with Crippen LogP contribution in [0.15, 0.2) is 95.1 Å². The van der Waals surface area contributed by atoms with Crippen LogP contribution in [0.3, 0.4) is 0 Å². The van der Waals surface area contributed by atoms with Gasteiger partial charge in [-0.25, -0.2) is 10.7 Å². The molecule has 5 heteroatoms. The molecule has 3 N–H and O–H groups in total. The minimum Gasteiger partial charge on any atom is -0.489 e. The van der Waals surface area contributed by atoms with Crippen LogP contribution in [0.1, 0.15) is 22.3 Å². The largest absolute Gasteiger partial charge is 0.489 e. The minimum absolute atomic E-state index is 0.545. The maximum absolute atomic E-state index is 6.12. The summed E-state index contributed by atoms with van der Waals surface area (Å²) in [5.41, 5.74) is 8.08. The van der Waals surface area contributed by atoms with E-state index in [1.807, 2.05) is 24.4 Å². The predicted octanol–water partition coefficient (Wildman–Crippen LogP) is 2.90. The lowest BCUT2D eigenvalue weighted by atomic mass is 10.0. The lowest BCUT2D eigenvalue weighted by Crippen LogP contribution is -3.09. The maximum Gasteiger partial charge on any atom is 0.243 e. The highest BCUT2D eigenvalue weighted by molar-refractivity contribution is 5.96. The van der Waals surface area contributed by atoms with Crippen molar-refractivity contribution in [2.45, 2.75) is 20.5 Å². The third-order valence-corrected chi connectivity index (χ3v) is 5.48. The molecule has 1 aliphatic carbocycles. The summed E-state index contributed by atoms with van der Waals surface area (Å²) >= 11 is 0. The van der Waals surface area contributed by atoms with Crippen molar-refractivity contribution in [1.29, 1.82) is 0 Å². The molecule has 0 aromatic heterocycles. The molecule has 1 atom stereocenters. The second-order valence-electron chi connectivity index (χ2n) is 7.98. The zero-order chi connectivity index (χ0) is 20.7. The first kappa shape index (κ1) is 18.6. The van der Waals surface area contributed by atoms with Crippen molar-refractivity contribution in [3.8, 4) is 5.75 Å². The number of hydrogen-bond acceptors (Lipinski definition) is 4. The van der Waals surface area contributed by atoms with E-state index < -0.39 is 0 Å². The summed E-state index contributed by atoms with van der Waals surface area (Å²) in [6.07, 6.45) is 10.2. The fourth-order valence-electron chi connectivity index (χ4n) is 4.12. The molecule has 0 radical (unpaired) electrons. The Bertz CT molecular complexity index is 1150. The number of allylic oxidation sites excluding steroid dienone is 3. The Balaban J connectivity index is 1.40. The maximum atomic E-state index is 6.12. The Morgan fingerprint density at radius 2 is 1.93 bits per heavy atom. The summed E-state index contributed by atoms with van der Waals surface area (Å²) in [5, 5.41) is 1.70. The second kappa shape index (κ2) is 7.44. The van der Waals surface area contributed by atoms with Gasteiger partial charge in [0.2, 0.25) is 5.84 Å². The summed E-state index contributed by atoms with van der Waals surface area (Å²) in [6, 6.07) is 14.7. The predicted molar refractivity (Wildman–Crippen MR) is 118 cm³/mol. The first-order chi connectivity index (χ1) is 14.6. The van der Waals surface area contributed by atoms with E-state index in [9.17, 15) is 0 Å². The topological polar surface area (TPSA) is 55.3 Å². The highest BCUT2D eigenvalue weighted by Crippen LogP contribution is 2.26. The average Bonchev–Trinajstić information content (AvgIpc) is 3.03. The van der Waals surface area contributed by atoms with Gasteiger partial charge in [-0.15, -0.1) is 0 Å². The van der Waals surface area contributed by atoms with E-state index >= 15 is 0 Å². The number of ether oxygens (including phenoxy) is 1. The summed E-state index contributed by atoms with van der Waals surface area (Å²) in [7, 11) is 0. The van der Waals surface area contributed by atoms with E-state index in [2.05, 4.69) is 62.5 Å². The number of nitrogens with one attached hydrogen (secondary N) is 1. The van der Waals surface area contributed by atoms with E-state index in [0.29, 0.717) is 13.2 Å². The molecule has 3 aliphatic rings. The van der Waals surface area contributed by atoms with Crippen LogP contribution in [0, 0.1) is 13.8 Å². The standard InChI is InChI=1S/C25H24N4O/c1-17-11-18(2)13-19(12-17)16-30-22-8-4-7-21(14-22)25-27-24(20-5-3-6-20)23-15-28(26)9-10-29(23)25/h3-14H,15-16,26H2,1-2H3/p+1. The minimum atomic E-state index is 0.545. The van der Waals surface area contributed by atoms with Crippen LogP contribution in [-0.4, -0.2) is 17.4 Å². The fraction of sp³-hybridized carbons (Fsp3) is 0.160. The Morgan fingerprint density at radius 3 is 2.67 bits per heavy atom. The van der Waals surface area contributed by atoms with E-state index in [-0.39, 0.29) is 0 Å². The number of nitrogens with zero attached hydrogens (tertiary/aromatic N) is 2. The van der Waals surface area contributed by atoms with Crippen molar-refractivity contribution in [2.24, 2.45) is 10.8 Å². The van der Waals surface area contributed by atoms with Gasteiger partial charge in [0.1, 0.15) is 30.8 Å². The molecule has 30 heavy (non-hydrogen) atoms. The van der Waals surface area contributed by atoms with Gasteiger partial charge in [-0.05, 0) is 37.6 Å². The van der Waals surface area contributed by atoms with E-state index in [1.165, 1.54) is 22.4 Å². The normalized spacial score (nSPS) is 19.4. The molecule has 5 rings (SSSR count). The highest BCUT2D eigenvalue weighted by Gasteiger charge is 2.36. The molecular weight excluding hydrogens is 372 g/mol. The van der Waals surface area contributed by atoms with Crippen molar-refractivity contribution >= 4 is 5.84 Å². The molecule has 0 bridgehead atoms. The molecule has 0 spiro atoms. The van der Waals surface area contributed by atoms with Gasteiger partial charge < -0.3 is 9.75 Å². The van der Waals surface area contributed by atoms with Gasteiger partial charge >= 0.3 is 0 Å². The Labute approximate surface area is 176 Å². The van der Waals surface area contributed by atoms with Gasteiger partial charge in [-0.2, -0.15) is 4.99 Å². The third kappa shape index (κ3) is 3.49. The number of quaternary nitrogens is 1. The van der Waals surface area contributed by atoms with Crippen LogP contribution in [0.2, 0.25) is 0 Å². The summed E-state index contributed by atoms with van der Waals surface area (Å²) in [5.74, 6) is 7.84. The molecule has 2 aromatic carbocycles. The van der Waals surface area contributed by atoms with Crippen molar-refractivity contribution in [1.82, 2.24) is 5.01 Å². The van der Waals surface area contributed by atoms with Gasteiger partial charge in [0, 0.05) is 5.57 Å². The van der Waals surface area contributed by atoms with Crippen LogP contribution < -0.4 is 15.5 Å². The molecule has 0 amide bonds. The number of hydrazine groups is 1. The lowest BCUT2D eigenvalue weighted by molar-refractivity contribution is -0.701. The van der Waals surface area contributed by atoms with Crippen LogP contribution in [0.25, 0.3) is 0 Å². The van der Waals surface area contributed by atoms with Crippen molar-refractivity contribution in [2.75, 3.05) is 6.54 Å². The summed E-state index contributed by atoms with van der Waals surface area (Å²) < 4.78 is 6.12. The fourth-order valence-corrected chi connectivity index (χ4v) is 4.12. The molecule has 1 unspecified atom stereocenters. The molecule has 2 heterocycles. The third-order valence-electron chi connectivity index (χ3n) is 5.48. The summed E-state index contributed by atoms with van der Waals surface area (Å²) in [6.45, 7) is 5.43. The van der Waals surface area contributed by atoms with Gasteiger partial charge in [0.15, 0.2) is 5.70 Å². The number of aryl methyl sites for hydroxylation is 2. The Morgan fingerprint density at radius 1 is 1.13 bits per heavy atom. The average molecular weight is 398 g/mol. The SMILES string of the molecule is Cc1cc(C)cc(COc2cccc(C3=NC(C4=CC=C4)=C4CN(N)C=C[NH+]34)c2)c1. The van der Waals surface area contributed by atoms with Crippen molar-refractivity contribution in [3.05, 3.63) is 112 Å². The molecule has 0 saturated heterocycles. The molecule has 2 aliphatic heterocycles. The zero-order valence-corrected chi connectivity index (χ0v) is 17.2. The number of amidine groups is 1. The summed E-state index contributed by atoms with van der Waals surface area (Å²) in [4.78, 5) is 6.13. The number of hydrogen-bond donors (Lipinski definition) is 2. The number of aliphatic imine (C=N–C) groups is 1. The van der Waals surface area contributed by atoms with Gasteiger partial charge in [-0.3, -0.25) is 0 Å². The molecule has 2 aromatic rings. The molecule has 150 valence electrons. The van der Waals surface area contributed by atoms with Gasteiger partial charge in [0.25, 0.3) is 0 Å². The molecular formula is C25H25N4O+. The Kier molecular flexibility index (Phi) is 4.62. The lowest BCUT2D eigenvalue weighted by Gasteiger charge is -2.23. The van der Waals surface area contributed by atoms with Gasteiger partial charge in [-0.1, -0.05) is 53.6 Å². The highest BCUT2D eigenvalue weighted by atomic mass is 16.5. The first-order valence-corrected chi connectivity index (χ1v) is 10.1. The number of rotatable bonds is 5. The van der Waals surface area contributed by atoms with Gasteiger partial charge in [0.05, 0.1) is 11.8 Å². The first-order valence-electron chi connectivity index (χ1n) is 10.1. The second-order valence-corrected chi connectivity index (χ2v) is 7.98. The molecule has 0 fully saturated rings. The van der Waals surface area contributed by atoms with Crippen LogP contribution in [0.4, 0.5) is 0 Å². The number of fused-ring (bicyclic) bond motifs is 1. The number of benzene rings is 2. The Hall–Kier alpha value is -3.41. The van der Waals surface area contributed by atoms with Crippen molar-refractivity contribution < 1.29 is 9.64 Å². The van der Waals surface area contributed by atoms with E-state index in [1.54, 1.807) is 5.01 Å². The molecule has 5 nitrogen and oxygen atoms in total. The van der Waals surface area contributed by atoms with Crippen LogP contribution >= 0.6 is 0 Å². The van der Waals surface area contributed by atoms with Crippen molar-refractivity contribution in [3.63, 3.8) is 0 Å². The smallest absolute Gasteiger partial charge is 0.243 e. The molecule has 0 saturated carbocycles. The zero-order valence-electron chi connectivity index (χ0n) is 17.2.